The lowest BCUT2D eigenvalue weighted by atomic mass is 9.80. The maximum atomic E-state index is 13.8. The Bertz CT molecular complexity index is 691. The number of halogens is 3. The lowest BCUT2D eigenvalue weighted by molar-refractivity contribution is 0.103. The van der Waals surface area contributed by atoms with Crippen molar-refractivity contribution < 1.29 is 13.6 Å². The summed E-state index contributed by atoms with van der Waals surface area (Å²) in [5.41, 5.74) is 1.24. The standard InChI is InChI=1S/C17H13ClF2O/c18-14-9-15(19)13(8-16(14)20)17(21)12-6-4-11(5-7-12)10-2-1-3-10/h4-10H,1-3H2. The van der Waals surface area contributed by atoms with Crippen LogP contribution in [0.2, 0.25) is 5.02 Å². The van der Waals surface area contributed by atoms with Gasteiger partial charge in [0.2, 0.25) is 0 Å². The summed E-state index contributed by atoms with van der Waals surface area (Å²) >= 11 is 5.49. The predicted octanol–water partition coefficient (Wildman–Crippen LogP) is 5.12. The molecule has 0 radical (unpaired) electrons. The Kier molecular flexibility index (Phi) is 3.77. The van der Waals surface area contributed by atoms with Gasteiger partial charge in [0, 0.05) is 5.56 Å². The van der Waals surface area contributed by atoms with E-state index in [2.05, 4.69) is 0 Å². The van der Waals surface area contributed by atoms with Crippen LogP contribution in [0.1, 0.15) is 46.7 Å². The second-order valence-corrected chi connectivity index (χ2v) is 5.73. The molecule has 2 aromatic rings. The normalized spacial score (nSPS) is 14.8. The fourth-order valence-corrected chi connectivity index (χ4v) is 2.65. The molecule has 1 saturated carbocycles. The molecule has 3 rings (SSSR count). The van der Waals surface area contributed by atoms with E-state index in [0.717, 1.165) is 12.1 Å². The Hall–Kier alpha value is -1.74. The van der Waals surface area contributed by atoms with Gasteiger partial charge >= 0.3 is 0 Å². The molecule has 0 aliphatic heterocycles. The van der Waals surface area contributed by atoms with Crippen molar-refractivity contribution in [1.82, 2.24) is 0 Å². The Morgan fingerprint density at radius 1 is 1.05 bits per heavy atom. The number of benzene rings is 2. The number of carbonyl (C=O) groups excluding carboxylic acids is 1. The van der Waals surface area contributed by atoms with E-state index in [-0.39, 0.29) is 10.6 Å². The summed E-state index contributed by atoms with van der Waals surface area (Å²) in [5, 5.41) is -0.329. The molecule has 1 aliphatic rings. The number of ketones is 1. The topological polar surface area (TPSA) is 17.1 Å². The van der Waals surface area contributed by atoms with Crippen molar-refractivity contribution in [2.75, 3.05) is 0 Å². The first-order valence-electron chi connectivity index (χ1n) is 6.85. The van der Waals surface area contributed by atoms with Crippen LogP contribution < -0.4 is 0 Å². The molecule has 0 atom stereocenters. The summed E-state index contributed by atoms with van der Waals surface area (Å²) in [4.78, 5) is 12.2. The zero-order valence-electron chi connectivity index (χ0n) is 11.2. The van der Waals surface area contributed by atoms with Crippen molar-refractivity contribution in [2.45, 2.75) is 25.2 Å². The smallest absolute Gasteiger partial charge is 0.196 e. The van der Waals surface area contributed by atoms with Gasteiger partial charge in [-0.2, -0.15) is 0 Å². The first kappa shape index (κ1) is 14.2. The Balaban J connectivity index is 1.89. The van der Waals surface area contributed by atoms with Crippen LogP contribution in [0.5, 0.6) is 0 Å². The molecule has 0 spiro atoms. The molecule has 1 aliphatic carbocycles. The quantitative estimate of drug-likeness (QED) is 0.568. The first-order chi connectivity index (χ1) is 10.1. The number of hydrogen-bond acceptors (Lipinski definition) is 1. The van der Waals surface area contributed by atoms with E-state index >= 15 is 0 Å². The lowest BCUT2D eigenvalue weighted by Gasteiger charge is -2.25. The highest BCUT2D eigenvalue weighted by atomic mass is 35.5. The molecule has 108 valence electrons. The van der Waals surface area contributed by atoms with E-state index in [1.165, 1.54) is 24.8 Å². The van der Waals surface area contributed by atoms with Crippen molar-refractivity contribution in [3.05, 3.63) is 69.7 Å². The maximum absolute atomic E-state index is 13.8. The zero-order chi connectivity index (χ0) is 15.0. The van der Waals surface area contributed by atoms with Gasteiger partial charge in [-0.3, -0.25) is 4.79 Å². The van der Waals surface area contributed by atoms with Crippen molar-refractivity contribution in [3.63, 3.8) is 0 Å². The molecule has 4 heteroatoms. The van der Waals surface area contributed by atoms with Crippen LogP contribution in [0.15, 0.2) is 36.4 Å². The van der Waals surface area contributed by atoms with Gasteiger partial charge in [-0.1, -0.05) is 42.3 Å². The van der Waals surface area contributed by atoms with E-state index < -0.39 is 17.4 Å². The van der Waals surface area contributed by atoms with E-state index in [4.69, 9.17) is 11.6 Å². The van der Waals surface area contributed by atoms with Crippen molar-refractivity contribution in [2.24, 2.45) is 0 Å². The van der Waals surface area contributed by atoms with Gasteiger partial charge in [0.15, 0.2) is 5.78 Å². The van der Waals surface area contributed by atoms with Gasteiger partial charge in [-0.25, -0.2) is 8.78 Å². The van der Waals surface area contributed by atoms with Crippen LogP contribution in [-0.4, -0.2) is 5.78 Å². The van der Waals surface area contributed by atoms with Gasteiger partial charge in [-0.15, -0.1) is 0 Å². The third-order valence-electron chi connectivity index (χ3n) is 4.00. The van der Waals surface area contributed by atoms with Gasteiger partial charge in [0.1, 0.15) is 11.6 Å². The molecule has 0 N–H and O–H groups in total. The van der Waals surface area contributed by atoms with E-state index in [1.54, 1.807) is 12.1 Å². The molecule has 0 heterocycles. The van der Waals surface area contributed by atoms with Crippen LogP contribution in [0.3, 0.4) is 0 Å². The molecule has 1 nitrogen and oxygen atoms in total. The molecule has 0 saturated heterocycles. The van der Waals surface area contributed by atoms with E-state index in [1.807, 2.05) is 12.1 Å². The van der Waals surface area contributed by atoms with Crippen molar-refractivity contribution in [1.29, 1.82) is 0 Å². The van der Waals surface area contributed by atoms with Crippen LogP contribution in [0.4, 0.5) is 8.78 Å². The lowest BCUT2D eigenvalue weighted by Crippen LogP contribution is -2.09. The molecule has 1 fully saturated rings. The third kappa shape index (κ3) is 2.70. The molecule has 0 aromatic heterocycles. The zero-order valence-corrected chi connectivity index (χ0v) is 12.0. The van der Waals surface area contributed by atoms with E-state index in [0.29, 0.717) is 11.5 Å². The largest absolute Gasteiger partial charge is 0.288 e. The van der Waals surface area contributed by atoms with Crippen LogP contribution >= 0.6 is 11.6 Å². The second kappa shape index (κ2) is 5.57. The van der Waals surface area contributed by atoms with E-state index in [9.17, 15) is 13.6 Å². The summed E-state index contributed by atoms with van der Waals surface area (Å²) in [6.45, 7) is 0. The van der Waals surface area contributed by atoms with Gasteiger partial charge in [0.25, 0.3) is 0 Å². The number of carbonyl (C=O) groups is 1. The van der Waals surface area contributed by atoms with Gasteiger partial charge < -0.3 is 0 Å². The Labute approximate surface area is 126 Å². The first-order valence-corrected chi connectivity index (χ1v) is 7.23. The minimum atomic E-state index is -0.811. The van der Waals surface area contributed by atoms with Crippen LogP contribution in [0.25, 0.3) is 0 Å². The molecule has 21 heavy (non-hydrogen) atoms. The minimum absolute atomic E-state index is 0.298. The highest BCUT2D eigenvalue weighted by molar-refractivity contribution is 6.30. The monoisotopic (exact) mass is 306 g/mol. The fourth-order valence-electron chi connectivity index (χ4n) is 2.50. The minimum Gasteiger partial charge on any atom is -0.288 e. The SMILES string of the molecule is O=C(c1ccc(C2CCC2)cc1)c1cc(F)c(Cl)cc1F. The highest BCUT2D eigenvalue weighted by Crippen LogP contribution is 2.36. The molecule has 0 unspecified atom stereocenters. The molecule has 2 aromatic carbocycles. The fraction of sp³-hybridized carbons (Fsp3) is 0.235. The molecular formula is C17H13ClF2O. The summed E-state index contributed by atoms with van der Waals surface area (Å²) < 4.78 is 27.2. The van der Waals surface area contributed by atoms with Crippen molar-refractivity contribution in [3.8, 4) is 0 Å². The summed E-state index contributed by atoms with van der Waals surface area (Å²) in [7, 11) is 0. The third-order valence-corrected chi connectivity index (χ3v) is 4.29. The predicted molar refractivity (Wildman–Crippen MR) is 77.8 cm³/mol. The molecule has 0 bridgehead atoms. The Morgan fingerprint density at radius 3 is 2.29 bits per heavy atom. The van der Waals surface area contributed by atoms with Gasteiger partial charge in [0.05, 0.1) is 10.6 Å². The van der Waals surface area contributed by atoms with Crippen molar-refractivity contribution >= 4 is 17.4 Å². The molecule has 0 amide bonds. The average molecular weight is 307 g/mol. The average Bonchev–Trinajstić information content (AvgIpc) is 2.41. The summed E-state index contributed by atoms with van der Waals surface area (Å²) in [6.07, 6.45) is 3.58. The van der Waals surface area contributed by atoms with Crippen LogP contribution in [-0.2, 0) is 0 Å². The summed E-state index contributed by atoms with van der Waals surface area (Å²) in [6, 6.07) is 8.79. The number of rotatable bonds is 3. The van der Waals surface area contributed by atoms with Gasteiger partial charge in [-0.05, 0) is 36.5 Å². The van der Waals surface area contributed by atoms with Crippen LogP contribution in [0, 0.1) is 11.6 Å². The summed E-state index contributed by atoms with van der Waals surface area (Å²) in [5.74, 6) is -1.58. The Morgan fingerprint density at radius 2 is 1.71 bits per heavy atom. The highest BCUT2D eigenvalue weighted by Gasteiger charge is 2.21. The number of hydrogen-bond donors (Lipinski definition) is 0. The second-order valence-electron chi connectivity index (χ2n) is 5.33. The maximum Gasteiger partial charge on any atom is 0.196 e. The molecular weight excluding hydrogens is 294 g/mol.